The molecule has 5 unspecified atom stereocenters. The van der Waals surface area contributed by atoms with E-state index in [9.17, 15) is 19.5 Å². The van der Waals surface area contributed by atoms with Crippen molar-refractivity contribution < 1.29 is 29.0 Å². The van der Waals surface area contributed by atoms with Crippen molar-refractivity contribution in [3.8, 4) is 0 Å². The molecule has 5 saturated carbocycles. The summed E-state index contributed by atoms with van der Waals surface area (Å²) in [6, 6.07) is 0. The Hall–Kier alpha value is -1.59. The fourth-order valence-corrected chi connectivity index (χ4v) is 12.8. The van der Waals surface area contributed by atoms with Gasteiger partial charge in [0.25, 0.3) is 0 Å². The van der Waals surface area contributed by atoms with Gasteiger partial charge in [0.2, 0.25) is 0 Å². The molecule has 10 atom stereocenters. The zero-order valence-corrected chi connectivity index (χ0v) is 27.7. The van der Waals surface area contributed by atoms with Crippen LogP contribution in [0.15, 0.2) is 0 Å². The highest BCUT2D eigenvalue weighted by molar-refractivity contribution is 5.88. The maximum atomic E-state index is 14.0. The molecule has 5 aliphatic rings. The maximum absolute atomic E-state index is 14.0. The van der Waals surface area contributed by atoms with E-state index in [2.05, 4.69) is 48.5 Å². The highest BCUT2D eigenvalue weighted by Crippen LogP contribution is 2.77. The predicted octanol–water partition coefficient (Wildman–Crippen LogP) is 8.70. The van der Waals surface area contributed by atoms with Crippen LogP contribution in [-0.4, -0.2) is 35.7 Å². The molecule has 0 aromatic heterocycles. The molecule has 42 heavy (non-hydrogen) atoms. The fraction of sp³-hybridized carbons (Fsp3) is 0.917. The van der Waals surface area contributed by atoms with Crippen LogP contribution in [0.5, 0.6) is 0 Å². The van der Waals surface area contributed by atoms with Crippen LogP contribution in [-0.2, 0) is 19.1 Å². The molecule has 0 aliphatic heterocycles. The molecule has 5 aliphatic carbocycles. The number of aliphatic carboxylic acids is 1. The van der Waals surface area contributed by atoms with E-state index < -0.39 is 12.1 Å². The minimum Gasteiger partial charge on any atom is -0.481 e. The molecule has 1 N–H and O–H groups in total. The van der Waals surface area contributed by atoms with Crippen LogP contribution in [0.25, 0.3) is 0 Å². The first kappa shape index (κ1) is 31.8. The number of rotatable bonds is 7. The number of Topliss-reactive ketones (excluding diaryl/α,β-unsaturated/α-hetero) is 1. The van der Waals surface area contributed by atoms with Crippen molar-refractivity contribution in [3.05, 3.63) is 0 Å². The third-order valence-corrected chi connectivity index (χ3v) is 14.9. The van der Waals surface area contributed by atoms with E-state index in [1.54, 1.807) is 0 Å². The second-order valence-electron chi connectivity index (χ2n) is 16.8. The molecule has 0 radical (unpaired) electrons. The molecule has 0 aromatic rings. The average molecular weight is 587 g/mol. The standard InChI is InChI=1S/C36H58O6/c1-9-41-31(40)42-28-16-17-33(6)25(32(28,4)5)15-18-35(8)26(33)11-10-24-30-23(22(2)3)14-19-36(30,21-20-34(24,35)7)27(37)12-13-29(38)39/h22-26,28,30H,9-21H2,1-8H3,(H,38,39)/t23?,24?,25?,26?,28-,30?,33+,34-,35-,36-/m1/s1. The Labute approximate surface area is 254 Å². The van der Waals surface area contributed by atoms with E-state index in [1.807, 2.05) is 6.92 Å². The molecule has 0 aromatic carbocycles. The molecule has 0 bridgehead atoms. The third-order valence-electron chi connectivity index (χ3n) is 14.9. The van der Waals surface area contributed by atoms with Gasteiger partial charge in [-0.25, -0.2) is 4.79 Å². The Morgan fingerprint density at radius 2 is 1.52 bits per heavy atom. The minimum absolute atomic E-state index is 0.0439. The van der Waals surface area contributed by atoms with Gasteiger partial charge in [-0.05, 0) is 123 Å². The Kier molecular flexibility index (Phi) is 8.17. The molecule has 238 valence electrons. The first-order valence-electron chi connectivity index (χ1n) is 17.2. The summed E-state index contributed by atoms with van der Waals surface area (Å²) in [5.74, 6) is 2.39. The number of carbonyl (C=O) groups is 3. The van der Waals surface area contributed by atoms with Crippen LogP contribution in [0.2, 0.25) is 0 Å². The lowest BCUT2D eigenvalue weighted by molar-refractivity contribution is -0.248. The SMILES string of the molecule is CCOC(=O)O[C@@H]1CC[C@@]2(C)C(CC[C@]3(C)C2CCC2C4C(C(C)C)CC[C@]4(C(=O)CCC(=O)O)CC[C@]23C)C1(C)C. The highest BCUT2D eigenvalue weighted by atomic mass is 16.7. The quantitative estimate of drug-likeness (QED) is 0.300. The molecule has 6 nitrogen and oxygen atoms in total. The summed E-state index contributed by atoms with van der Waals surface area (Å²) >= 11 is 0. The van der Waals surface area contributed by atoms with Crippen molar-refractivity contribution in [2.45, 2.75) is 139 Å². The lowest BCUT2D eigenvalue weighted by Crippen LogP contribution is -2.67. The van der Waals surface area contributed by atoms with E-state index in [4.69, 9.17) is 9.47 Å². The van der Waals surface area contributed by atoms with Crippen LogP contribution in [0.4, 0.5) is 4.79 Å². The topological polar surface area (TPSA) is 89.9 Å². The molecule has 5 rings (SSSR count). The molecule has 5 fully saturated rings. The molecule has 0 saturated heterocycles. The molecule has 6 heteroatoms. The smallest absolute Gasteiger partial charge is 0.481 e. The predicted molar refractivity (Wildman–Crippen MR) is 163 cm³/mol. The third kappa shape index (κ3) is 4.49. The first-order chi connectivity index (χ1) is 19.6. The van der Waals surface area contributed by atoms with Crippen LogP contribution in [0.1, 0.15) is 132 Å². The van der Waals surface area contributed by atoms with Crippen molar-refractivity contribution >= 4 is 17.9 Å². The van der Waals surface area contributed by atoms with E-state index >= 15 is 0 Å². The van der Waals surface area contributed by atoms with Crippen molar-refractivity contribution in [1.29, 1.82) is 0 Å². The summed E-state index contributed by atoms with van der Waals surface area (Å²) in [5, 5.41) is 9.39. The number of ketones is 1. The summed E-state index contributed by atoms with van der Waals surface area (Å²) in [6.45, 7) is 19.2. The van der Waals surface area contributed by atoms with Crippen molar-refractivity contribution in [3.63, 3.8) is 0 Å². The number of hydrogen-bond donors (Lipinski definition) is 1. The lowest BCUT2D eigenvalue weighted by atomic mass is 9.32. The zero-order chi connectivity index (χ0) is 30.9. The Morgan fingerprint density at radius 1 is 0.810 bits per heavy atom. The van der Waals surface area contributed by atoms with Crippen LogP contribution in [0.3, 0.4) is 0 Å². The minimum atomic E-state index is -0.862. The second kappa shape index (κ2) is 10.8. The average Bonchev–Trinajstić information content (AvgIpc) is 3.31. The molecular formula is C36H58O6. The van der Waals surface area contributed by atoms with Crippen LogP contribution < -0.4 is 0 Å². The van der Waals surface area contributed by atoms with Gasteiger partial charge in [0.15, 0.2) is 0 Å². The van der Waals surface area contributed by atoms with Gasteiger partial charge in [-0.3, -0.25) is 9.59 Å². The number of carboxylic acid groups (broad SMARTS) is 1. The molecule has 0 heterocycles. The Bertz CT molecular complexity index is 1080. The fourth-order valence-electron chi connectivity index (χ4n) is 12.8. The monoisotopic (exact) mass is 586 g/mol. The number of carbonyl (C=O) groups excluding carboxylic acids is 2. The maximum Gasteiger partial charge on any atom is 0.508 e. The largest absolute Gasteiger partial charge is 0.508 e. The van der Waals surface area contributed by atoms with Gasteiger partial charge in [0.05, 0.1) is 13.0 Å². The van der Waals surface area contributed by atoms with E-state index in [0.717, 1.165) is 44.9 Å². The van der Waals surface area contributed by atoms with Gasteiger partial charge in [-0.1, -0.05) is 48.5 Å². The van der Waals surface area contributed by atoms with Gasteiger partial charge >= 0.3 is 12.1 Å². The van der Waals surface area contributed by atoms with E-state index in [-0.39, 0.29) is 51.8 Å². The highest BCUT2D eigenvalue weighted by Gasteiger charge is 2.72. The van der Waals surface area contributed by atoms with E-state index in [1.165, 1.54) is 19.3 Å². The van der Waals surface area contributed by atoms with E-state index in [0.29, 0.717) is 42.1 Å². The Morgan fingerprint density at radius 3 is 2.17 bits per heavy atom. The zero-order valence-electron chi connectivity index (χ0n) is 27.7. The van der Waals surface area contributed by atoms with Crippen LogP contribution in [0, 0.1) is 62.6 Å². The summed E-state index contributed by atoms with van der Waals surface area (Å²) in [6.07, 6.45) is 10.2. The number of ether oxygens (including phenoxy) is 2. The Balaban J connectivity index is 1.46. The number of fused-ring (bicyclic) bond motifs is 7. The van der Waals surface area contributed by atoms with Crippen molar-refractivity contribution in [2.24, 2.45) is 62.6 Å². The van der Waals surface area contributed by atoms with Gasteiger partial charge in [-0.2, -0.15) is 0 Å². The number of hydrogen-bond acceptors (Lipinski definition) is 5. The molecule has 0 spiro atoms. The summed E-state index contributed by atoms with van der Waals surface area (Å²) in [5.41, 5.74) is 0.0736. The lowest BCUT2D eigenvalue weighted by Gasteiger charge is -2.73. The first-order valence-corrected chi connectivity index (χ1v) is 17.2. The van der Waals surface area contributed by atoms with Crippen LogP contribution >= 0.6 is 0 Å². The summed E-state index contributed by atoms with van der Waals surface area (Å²) < 4.78 is 11.1. The van der Waals surface area contributed by atoms with Gasteiger partial charge in [0.1, 0.15) is 11.9 Å². The molecular weight excluding hydrogens is 528 g/mol. The van der Waals surface area contributed by atoms with Gasteiger partial charge in [-0.15, -0.1) is 0 Å². The molecule has 0 amide bonds. The van der Waals surface area contributed by atoms with Gasteiger partial charge in [0, 0.05) is 17.3 Å². The summed E-state index contributed by atoms with van der Waals surface area (Å²) in [4.78, 5) is 37.7. The normalized spacial score (nSPS) is 45.6. The number of carboxylic acids is 1. The summed E-state index contributed by atoms with van der Waals surface area (Å²) in [7, 11) is 0. The second-order valence-corrected chi connectivity index (χ2v) is 16.8. The van der Waals surface area contributed by atoms with Gasteiger partial charge < -0.3 is 14.6 Å². The van der Waals surface area contributed by atoms with Crippen molar-refractivity contribution in [1.82, 2.24) is 0 Å². The van der Waals surface area contributed by atoms with Crippen molar-refractivity contribution in [2.75, 3.05) is 6.61 Å².